The van der Waals surface area contributed by atoms with Gasteiger partial charge in [0.25, 0.3) is 0 Å². The van der Waals surface area contributed by atoms with E-state index in [1.54, 1.807) is 30.3 Å². The molecule has 0 aliphatic heterocycles. The van der Waals surface area contributed by atoms with Gasteiger partial charge in [0.2, 0.25) is 0 Å². The van der Waals surface area contributed by atoms with Crippen molar-refractivity contribution in [2.75, 3.05) is 4.90 Å². The Bertz CT molecular complexity index is 3450. The summed E-state index contributed by atoms with van der Waals surface area (Å²) in [5, 5.41) is 42.8. The molecule has 0 bridgehead atoms. The molecular weight excluding hydrogens is 785 g/mol. The van der Waals surface area contributed by atoms with Gasteiger partial charge in [-0.05, 0) is 102 Å². The van der Waals surface area contributed by atoms with Crippen LogP contribution in [0.4, 0.5) is 17.1 Å². The first-order chi connectivity index (χ1) is 31.5. The number of nitrogens with zero attached hydrogens (tertiary/aromatic N) is 8. The Morgan fingerprint density at radius 2 is 0.922 bits per heavy atom. The Morgan fingerprint density at radius 1 is 0.375 bits per heavy atom. The summed E-state index contributed by atoms with van der Waals surface area (Å²) in [4.78, 5) is 12.0. The van der Waals surface area contributed by atoms with Crippen LogP contribution in [-0.4, -0.2) is 14.5 Å². The number of rotatable bonds is 8. The van der Waals surface area contributed by atoms with E-state index in [0.29, 0.717) is 50.7 Å². The third-order valence-corrected chi connectivity index (χ3v) is 11.3. The molecule has 8 nitrogen and oxygen atoms in total. The molecule has 8 heteroatoms. The molecule has 0 radical (unpaired) electrons. The molecular formula is C56H32N8. The molecule has 10 aromatic rings. The Morgan fingerprint density at radius 3 is 1.55 bits per heavy atom. The van der Waals surface area contributed by atoms with Crippen LogP contribution >= 0.6 is 0 Å². The van der Waals surface area contributed by atoms with Crippen LogP contribution in [0.5, 0.6) is 0 Å². The van der Waals surface area contributed by atoms with E-state index in [0.717, 1.165) is 61.1 Å². The van der Waals surface area contributed by atoms with Crippen LogP contribution in [0.15, 0.2) is 194 Å². The number of anilines is 3. The monoisotopic (exact) mass is 816 g/mol. The minimum atomic E-state index is 0.365. The van der Waals surface area contributed by atoms with Crippen LogP contribution in [0, 0.1) is 45.3 Å². The second-order valence-electron chi connectivity index (χ2n) is 15.1. The van der Waals surface area contributed by atoms with E-state index in [2.05, 4.69) is 77.7 Å². The van der Waals surface area contributed by atoms with Crippen molar-refractivity contribution >= 4 is 38.9 Å². The summed E-state index contributed by atoms with van der Waals surface area (Å²) in [6.07, 6.45) is 0. The topological polar surface area (TPSA) is 129 Å². The lowest BCUT2D eigenvalue weighted by Gasteiger charge is -2.25. The second kappa shape index (κ2) is 16.5. The fourth-order valence-corrected chi connectivity index (χ4v) is 8.34. The third-order valence-electron chi connectivity index (χ3n) is 11.3. The molecule has 0 saturated heterocycles. The number of fused-ring (bicyclic) bond motifs is 3. The Hall–Kier alpha value is -9.60. The van der Waals surface area contributed by atoms with Crippen molar-refractivity contribution in [1.82, 2.24) is 14.5 Å². The number of hydrogen-bond acceptors (Lipinski definition) is 7. The summed E-state index contributed by atoms with van der Waals surface area (Å²) in [6.45, 7) is 0. The smallest absolute Gasteiger partial charge is 0.160 e. The molecule has 8 aromatic carbocycles. The average molecular weight is 817 g/mol. The maximum atomic E-state index is 10.8. The average Bonchev–Trinajstić information content (AvgIpc) is 3.69. The summed E-state index contributed by atoms with van der Waals surface area (Å²) >= 11 is 0. The summed E-state index contributed by atoms with van der Waals surface area (Å²) in [5.41, 5.74) is 12.1. The minimum Gasteiger partial charge on any atom is -0.310 e. The summed E-state index contributed by atoms with van der Waals surface area (Å²) < 4.78 is 2.04. The van der Waals surface area contributed by atoms with Gasteiger partial charge in [0.1, 0.15) is 12.1 Å². The molecule has 0 saturated carbocycles. The quantitative estimate of drug-likeness (QED) is 0.149. The van der Waals surface area contributed by atoms with Crippen LogP contribution in [0.25, 0.3) is 72.5 Å². The zero-order chi connectivity index (χ0) is 43.6. The lowest BCUT2D eigenvalue weighted by Crippen LogP contribution is -2.09. The highest BCUT2D eigenvalue weighted by Gasteiger charge is 2.22. The van der Waals surface area contributed by atoms with Crippen molar-refractivity contribution in [2.45, 2.75) is 0 Å². The molecule has 0 atom stereocenters. The first-order valence-corrected chi connectivity index (χ1v) is 20.5. The van der Waals surface area contributed by atoms with Gasteiger partial charge in [-0.3, -0.25) is 0 Å². The van der Waals surface area contributed by atoms with E-state index in [1.807, 2.05) is 120 Å². The molecule has 0 fully saturated rings. The molecule has 0 amide bonds. The van der Waals surface area contributed by atoms with E-state index in [-0.39, 0.29) is 0 Å². The van der Waals surface area contributed by atoms with Crippen molar-refractivity contribution in [3.8, 4) is 75.0 Å². The molecule has 64 heavy (non-hydrogen) atoms. The highest BCUT2D eigenvalue weighted by molar-refractivity contribution is 6.11. The van der Waals surface area contributed by atoms with Gasteiger partial charge >= 0.3 is 0 Å². The Balaban J connectivity index is 1.06. The molecule has 0 N–H and O–H groups in total. The van der Waals surface area contributed by atoms with Gasteiger partial charge in [-0.1, -0.05) is 103 Å². The minimum absolute atomic E-state index is 0.365. The largest absolute Gasteiger partial charge is 0.310 e. The van der Waals surface area contributed by atoms with Crippen LogP contribution in [0.3, 0.4) is 0 Å². The molecule has 2 heterocycles. The van der Waals surface area contributed by atoms with Gasteiger partial charge in [-0.25, -0.2) is 9.97 Å². The SMILES string of the molecule is N#Cc1cccc(-c2cc(-c3ccc(-c4cc(C#N)c(-n5c6ccccc6c6cc(N(c7ccccc7)c7ccccc7)ccc65)c(C#N)c4)cc3)nc(-c3cccc(C#N)c3)n2)c1. The normalized spacial score (nSPS) is 10.8. The molecule has 0 spiro atoms. The van der Waals surface area contributed by atoms with Crippen molar-refractivity contribution in [3.63, 3.8) is 0 Å². The fourth-order valence-electron chi connectivity index (χ4n) is 8.34. The van der Waals surface area contributed by atoms with Gasteiger partial charge in [0.15, 0.2) is 5.82 Å². The Kier molecular flexibility index (Phi) is 9.92. The lowest BCUT2D eigenvalue weighted by molar-refractivity contribution is 1.15. The lowest BCUT2D eigenvalue weighted by atomic mass is 9.96. The van der Waals surface area contributed by atoms with Gasteiger partial charge in [-0.15, -0.1) is 0 Å². The first kappa shape index (κ1) is 38.6. The number of aromatic nitrogens is 3. The summed E-state index contributed by atoms with van der Waals surface area (Å²) in [7, 11) is 0. The molecule has 0 unspecified atom stereocenters. The number of nitriles is 4. The van der Waals surface area contributed by atoms with Gasteiger partial charge in [0.05, 0.1) is 62.5 Å². The van der Waals surface area contributed by atoms with E-state index in [4.69, 9.17) is 9.97 Å². The van der Waals surface area contributed by atoms with E-state index in [9.17, 15) is 21.0 Å². The van der Waals surface area contributed by atoms with Crippen molar-refractivity contribution in [1.29, 1.82) is 21.0 Å². The second-order valence-corrected chi connectivity index (χ2v) is 15.1. The Labute approximate surface area is 369 Å². The van der Waals surface area contributed by atoms with Gasteiger partial charge in [-0.2, -0.15) is 21.0 Å². The highest BCUT2D eigenvalue weighted by Crippen LogP contribution is 2.41. The zero-order valence-corrected chi connectivity index (χ0v) is 34.1. The van der Waals surface area contributed by atoms with Crippen LogP contribution in [-0.2, 0) is 0 Å². The third kappa shape index (κ3) is 7.02. The standard InChI is InChI=1S/C56H32N8/c57-33-37-11-9-13-41(27-37)52-32-51(61-56(62-52)42-14-10-12-38(28-42)34-58)40-23-21-39(22-24-40)43-29-44(35-59)55(45(30-43)36-60)64-53-20-8-7-19-49(53)50-31-48(25-26-54(50)64)63(46-15-3-1-4-16-46)47-17-5-2-6-18-47/h1-32H. The van der Waals surface area contributed by atoms with E-state index in [1.165, 1.54) is 0 Å². The first-order valence-electron chi connectivity index (χ1n) is 20.5. The molecule has 10 rings (SSSR count). The summed E-state index contributed by atoms with van der Waals surface area (Å²) in [6, 6.07) is 72.0. The van der Waals surface area contributed by atoms with Gasteiger partial charge in [0, 0.05) is 44.5 Å². The van der Waals surface area contributed by atoms with Crippen LogP contribution in [0.2, 0.25) is 0 Å². The molecule has 0 aliphatic rings. The number of hydrogen-bond donors (Lipinski definition) is 0. The van der Waals surface area contributed by atoms with Crippen molar-refractivity contribution in [3.05, 3.63) is 216 Å². The predicted molar refractivity (Wildman–Crippen MR) is 252 cm³/mol. The zero-order valence-electron chi connectivity index (χ0n) is 34.1. The van der Waals surface area contributed by atoms with Crippen LogP contribution in [0.1, 0.15) is 22.3 Å². The van der Waals surface area contributed by atoms with E-state index < -0.39 is 0 Å². The molecule has 2 aromatic heterocycles. The number of para-hydroxylation sites is 3. The van der Waals surface area contributed by atoms with Gasteiger partial charge < -0.3 is 9.47 Å². The fraction of sp³-hybridized carbons (Fsp3) is 0. The molecule has 0 aliphatic carbocycles. The summed E-state index contributed by atoms with van der Waals surface area (Å²) in [5.74, 6) is 0.440. The maximum Gasteiger partial charge on any atom is 0.160 e. The van der Waals surface area contributed by atoms with E-state index >= 15 is 0 Å². The predicted octanol–water partition coefficient (Wildman–Crippen LogP) is 13.2. The van der Waals surface area contributed by atoms with Crippen molar-refractivity contribution in [2.24, 2.45) is 0 Å². The highest BCUT2D eigenvalue weighted by atomic mass is 15.1. The molecule has 296 valence electrons. The van der Waals surface area contributed by atoms with Crippen LogP contribution < -0.4 is 4.90 Å². The van der Waals surface area contributed by atoms with Crippen molar-refractivity contribution < 1.29 is 0 Å². The number of benzene rings is 8. The maximum absolute atomic E-state index is 10.8.